The highest BCUT2D eigenvalue weighted by Gasteiger charge is 2.31. The monoisotopic (exact) mass is 449 g/mol. The molecule has 1 aliphatic rings. The van der Waals surface area contributed by atoms with Crippen molar-refractivity contribution >= 4 is 11.8 Å². The third-order valence-corrected chi connectivity index (χ3v) is 5.49. The molecule has 2 heterocycles. The van der Waals surface area contributed by atoms with Crippen molar-refractivity contribution in [3.63, 3.8) is 0 Å². The topological polar surface area (TPSA) is 84.7 Å². The van der Waals surface area contributed by atoms with Crippen LogP contribution < -0.4 is 10.1 Å². The highest BCUT2D eigenvalue weighted by molar-refractivity contribution is 5.91. The van der Waals surface area contributed by atoms with Crippen LogP contribution in [0, 0.1) is 5.82 Å². The number of benzene rings is 2. The van der Waals surface area contributed by atoms with Crippen molar-refractivity contribution in [3.8, 4) is 5.75 Å². The fraction of sp³-hybridized carbons (Fsp3) is 0.240. The normalized spacial score (nSPS) is 15.0. The van der Waals surface area contributed by atoms with Crippen LogP contribution >= 0.6 is 0 Å². The first-order valence-corrected chi connectivity index (χ1v) is 10.6. The molecule has 0 saturated carbocycles. The number of hydrogen-bond acceptors (Lipinski definition) is 5. The lowest BCUT2D eigenvalue weighted by Gasteiger charge is -2.37. The number of nitrogens with zero attached hydrogens (tertiary/aromatic N) is 2. The Labute approximate surface area is 190 Å². The van der Waals surface area contributed by atoms with Crippen molar-refractivity contribution in [2.45, 2.75) is 26.0 Å². The van der Waals surface area contributed by atoms with Crippen LogP contribution in [0.5, 0.6) is 5.75 Å². The minimum absolute atomic E-state index is 0.0329. The second-order valence-corrected chi connectivity index (χ2v) is 7.69. The summed E-state index contributed by atoms with van der Waals surface area (Å²) in [4.78, 5) is 30.2. The molecule has 1 N–H and O–H groups in total. The fourth-order valence-corrected chi connectivity index (χ4v) is 3.91. The van der Waals surface area contributed by atoms with E-state index in [0.29, 0.717) is 18.8 Å². The van der Waals surface area contributed by atoms with Gasteiger partial charge in [0.2, 0.25) is 11.8 Å². The summed E-state index contributed by atoms with van der Waals surface area (Å²) in [5, 5.41) is 2.63. The number of carbonyl (C=O) groups excluding carboxylic acids is 2. The van der Waals surface area contributed by atoms with Crippen molar-refractivity contribution < 1.29 is 23.1 Å². The molecule has 4 rings (SSSR count). The minimum atomic E-state index is -0.356. The van der Waals surface area contributed by atoms with Crippen LogP contribution in [-0.4, -0.2) is 34.8 Å². The van der Waals surface area contributed by atoms with Gasteiger partial charge < -0.3 is 19.4 Å². The number of amides is 2. The lowest BCUT2D eigenvalue weighted by molar-refractivity contribution is -0.130. The first-order valence-electron chi connectivity index (χ1n) is 10.6. The zero-order chi connectivity index (χ0) is 23.4. The molecule has 33 heavy (non-hydrogen) atoms. The van der Waals surface area contributed by atoms with Gasteiger partial charge in [-0.1, -0.05) is 24.3 Å². The van der Waals surface area contributed by atoms with Gasteiger partial charge in [0.1, 0.15) is 17.8 Å². The standard InChI is InChI=1S/C25H24FN3O4/c1-3-11-27-25(31)22-14-33-23(28-22)15-32-20-9-6-17-10-12-29(16(2)30)24(21(17)13-20)18-4-7-19(26)8-5-18/h3-9,13-14,24H,1,10-12,15H2,2H3,(H,27,31). The van der Waals surface area contributed by atoms with Gasteiger partial charge in [0.25, 0.3) is 5.91 Å². The zero-order valence-corrected chi connectivity index (χ0v) is 18.2. The summed E-state index contributed by atoms with van der Waals surface area (Å²) < 4.78 is 24.7. The van der Waals surface area contributed by atoms with Crippen molar-refractivity contribution in [2.75, 3.05) is 13.1 Å². The number of ether oxygens (including phenoxy) is 1. The molecule has 0 aliphatic carbocycles. The molecule has 8 heteroatoms. The van der Waals surface area contributed by atoms with Crippen molar-refractivity contribution in [1.29, 1.82) is 0 Å². The summed E-state index contributed by atoms with van der Waals surface area (Å²) in [5.74, 6) is 0.0947. The Hall–Kier alpha value is -3.94. The summed E-state index contributed by atoms with van der Waals surface area (Å²) in [6.45, 7) is 6.03. The molecule has 3 aromatic rings. The van der Waals surface area contributed by atoms with E-state index in [-0.39, 0.29) is 41.9 Å². The maximum absolute atomic E-state index is 13.5. The summed E-state index contributed by atoms with van der Waals surface area (Å²) in [5.41, 5.74) is 3.02. The van der Waals surface area contributed by atoms with Gasteiger partial charge in [-0.2, -0.15) is 0 Å². The number of rotatable bonds is 7. The molecular weight excluding hydrogens is 425 g/mol. The van der Waals surface area contributed by atoms with Crippen LogP contribution in [0.15, 0.2) is 65.8 Å². The Morgan fingerprint density at radius 3 is 2.82 bits per heavy atom. The van der Waals surface area contributed by atoms with Crippen molar-refractivity contribution in [1.82, 2.24) is 15.2 Å². The number of fused-ring (bicyclic) bond motifs is 1. The van der Waals surface area contributed by atoms with E-state index in [1.54, 1.807) is 23.1 Å². The van der Waals surface area contributed by atoms with E-state index in [0.717, 1.165) is 23.1 Å². The Bertz CT molecular complexity index is 1170. The molecule has 2 aromatic carbocycles. The van der Waals surface area contributed by atoms with Gasteiger partial charge in [0.15, 0.2) is 12.3 Å². The van der Waals surface area contributed by atoms with Crippen LogP contribution in [0.3, 0.4) is 0 Å². The molecule has 170 valence electrons. The molecule has 1 aromatic heterocycles. The van der Waals surface area contributed by atoms with Crippen LogP contribution in [0.2, 0.25) is 0 Å². The maximum Gasteiger partial charge on any atom is 0.273 e. The van der Waals surface area contributed by atoms with E-state index in [1.807, 2.05) is 18.2 Å². The van der Waals surface area contributed by atoms with Crippen LogP contribution in [0.4, 0.5) is 4.39 Å². The van der Waals surface area contributed by atoms with Crippen LogP contribution in [-0.2, 0) is 17.8 Å². The third-order valence-electron chi connectivity index (χ3n) is 5.49. The molecule has 7 nitrogen and oxygen atoms in total. The summed E-state index contributed by atoms with van der Waals surface area (Å²) in [6, 6.07) is 11.6. The first kappa shape index (κ1) is 22.3. The molecule has 0 spiro atoms. The van der Waals surface area contributed by atoms with Gasteiger partial charge in [-0.05, 0) is 47.4 Å². The van der Waals surface area contributed by atoms with Gasteiger partial charge in [-0.15, -0.1) is 6.58 Å². The maximum atomic E-state index is 13.5. The number of carbonyl (C=O) groups is 2. The van der Waals surface area contributed by atoms with Gasteiger partial charge in [0.05, 0.1) is 6.04 Å². The number of nitrogens with one attached hydrogen (secondary N) is 1. The third kappa shape index (κ3) is 4.95. The molecule has 0 radical (unpaired) electrons. The Morgan fingerprint density at radius 1 is 1.30 bits per heavy atom. The van der Waals surface area contributed by atoms with Gasteiger partial charge >= 0.3 is 0 Å². The summed E-state index contributed by atoms with van der Waals surface area (Å²) in [6.07, 6.45) is 3.57. The molecule has 2 amide bonds. The number of halogens is 1. The first-order chi connectivity index (χ1) is 16.0. The number of hydrogen-bond donors (Lipinski definition) is 1. The highest BCUT2D eigenvalue weighted by Crippen LogP contribution is 2.37. The summed E-state index contributed by atoms with van der Waals surface area (Å²) in [7, 11) is 0. The highest BCUT2D eigenvalue weighted by atomic mass is 19.1. The zero-order valence-electron chi connectivity index (χ0n) is 18.2. The van der Waals surface area contributed by atoms with E-state index in [4.69, 9.17) is 9.15 Å². The Kier molecular flexibility index (Phi) is 6.53. The lowest BCUT2D eigenvalue weighted by atomic mass is 9.88. The molecule has 0 bridgehead atoms. The Morgan fingerprint density at radius 2 is 2.09 bits per heavy atom. The molecule has 0 fully saturated rings. The van der Waals surface area contributed by atoms with Gasteiger partial charge in [-0.3, -0.25) is 9.59 Å². The number of oxazole rings is 1. The minimum Gasteiger partial charge on any atom is -0.484 e. The average Bonchev–Trinajstić information content (AvgIpc) is 3.30. The predicted octanol–water partition coefficient (Wildman–Crippen LogP) is 3.80. The molecule has 1 unspecified atom stereocenters. The van der Waals surface area contributed by atoms with Crippen molar-refractivity contribution in [2.24, 2.45) is 0 Å². The fourth-order valence-electron chi connectivity index (χ4n) is 3.91. The molecule has 1 atom stereocenters. The van der Waals surface area contributed by atoms with Gasteiger partial charge in [0, 0.05) is 20.0 Å². The second-order valence-electron chi connectivity index (χ2n) is 7.69. The molecule has 1 aliphatic heterocycles. The average molecular weight is 449 g/mol. The Balaban J connectivity index is 1.55. The van der Waals surface area contributed by atoms with E-state index in [9.17, 15) is 14.0 Å². The van der Waals surface area contributed by atoms with Gasteiger partial charge in [-0.25, -0.2) is 9.37 Å². The lowest BCUT2D eigenvalue weighted by Crippen LogP contribution is -2.39. The quantitative estimate of drug-likeness (QED) is 0.555. The largest absolute Gasteiger partial charge is 0.484 e. The van der Waals surface area contributed by atoms with E-state index in [1.165, 1.54) is 25.3 Å². The smallest absolute Gasteiger partial charge is 0.273 e. The second kappa shape index (κ2) is 9.68. The van der Waals surface area contributed by atoms with E-state index < -0.39 is 0 Å². The number of aromatic nitrogens is 1. The van der Waals surface area contributed by atoms with Crippen LogP contribution in [0.25, 0.3) is 0 Å². The van der Waals surface area contributed by atoms with E-state index in [2.05, 4.69) is 16.9 Å². The predicted molar refractivity (Wildman–Crippen MR) is 119 cm³/mol. The van der Waals surface area contributed by atoms with Crippen molar-refractivity contribution in [3.05, 3.63) is 95.5 Å². The van der Waals surface area contributed by atoms with E-state index >= 15 is 0 Å². The van der Waals surface area contributed by atoms with Crippen LogP contribution in [0.1, 0.15) is 46.0 Å². The SMILES string of the molecule is C=CCNC(=O)c1coc(COc2ccc3c(c2)C(c2ccc(F)cc2)N(C(C)=O)CC3)n1. The molecule has 0 saturated heterocycles. The molecular formula is C25H24FN3O4. The summed E-state index contributed by atoms with van der Waals surface area (Å²) >= 11 is 0.